The van der Waals surface area contributed by atoms with Crippen molar-refractivity contribution in [2.75, 3.05) is 14.2 Å². The number of rotatable bonds is 27. The summed E-state index contributed by atoms with van der Waals surface area (Å²) in [5.74, 6) is 0. The van der Waals surface area contributed by atoms with E-state index in [1.54, 1.807) is 14.2 Å². The minimum atomic E-state index is -2.74. The van der Waals surface area contributed by atoms with E-state index in [2.05, 4.69) is 170 Å². The Balaban J connectivity index is 5.60. The predicted molar refractivity (Wildman–Crippen MR) is 263 cm³/mol. The lowest BCUT2D eigenvalue weighted by Crippen LogP contribution is -2.62. The van der Waals surface area contributed by atoms with E-state index < -0.39 is 111 Å². The second-order valence-electron chi connectivity index (χ2n) is 21.0. The number of hydrogen-bond acceptors (Lipinski definition) is 13. The summed E-state index contributed by atoms with van der Waals surface area (Å²) in [7, 11) is -29.0. The highest BCUT2D eigenvalue weighted by molar-refractivity contribution is 6.94. The van der Waals surface area contributed by atoms with Crippen molar-refractivity contribution in [3.8, 4) is 0 Å². The van der Waals surface area contributed by atoms with Crippen LogP contribution in [0.25, 0.3) is 0 Å². The molecule has 13 nitrogen and oxygen atoms in total. The molecule has 0 rings (SSSR count). The molecule has 0 aliphatic heterocycles. The molecule has 0 saturated heterocycles. The zero-order valence-electron chi connectivity index (χ0n) is 41.2. The SMILES string of the molecule is CO[Si](C)(CC[Si](C)(C)O[Si](C)(C)O[Si](C)(C)O[Si](C)(C)O[Si](C)(C)O[Si](C)(C)O[Si](C)(C)O[Si](C)(C)O[Si](C)(C)O[Si](C)(C)O[Si](C)(C)O[Si](C)(C)C)OC. The Labute approximate surface area is 359 Å². The normalized spacial score (nSPS) is 15.9. The molecule has 0 aliphatic rings. The zero-order chi connectivity index (χ0) is 45.1. The average molecular weight is 1020 g/mol. The summed E-state index contributed by atoms with van der Waals surface area (Å²) in [6.45, 7) is 54.8. The Morgan fingerprint density at radius 3 is 0.589 bits per heavy atom. The Kier molecular flexibility index (Phi) is 20.8. The Morgan fingerprint density at radius 2 is 0.411 bits per heavy atom. The third kappa shape index (κ3) is 26.0. The molecule has 0 bridgehead atoms. The molecule has 0 aromatic carbocycles. The fourth-order valence-electron chi connectivity index (χ4n) is 7.80. The number of hydrogen-bond donors (Lipinski definition) is 0. The fraction of sp³-hybridized carbons (Fsp3) is 1.00. The molecular formula is C30H88O13Si13. The molecule has 0 aromatic rings. The molecule has 338 valence electrons. The van der Waals surface area contributed by atoms with Crippen LogP contribution in [0.2, 0.25) is 182 Å². The summed E-state index contributed by atoms with van der Waals surface area (Å²) >= 11 is 0. The molecule has 0 saturated carbocycles. The molecule has 0 radical (unpaired) electrons. The largest absolute Gasteiger partial charge is 0.437 e. The lowest BCUT2D eigenvalue weighted by Gasteiger charge is -2.45. The summed E-state index contributed by atoms with van der Waals surface area (Å²) in [5, 5.41) is 0. The lowest BCUT2D eigenvalue weighted by atomic mass is 10.9. The maximum atomic E-state index is 6.85. The van der Waals surface area contributed by atoms with Gasteiger partial charge in [0.05, 0.1) is 0 Å². The summed E-state index contributed by atoms with van der Waals surface area (Å²) in [6.07, 6.45) is 0. The van der Waals surface area contributed by atoms with Crippen molar-refractivity contribution < 1.29 is 54.1 Å². The third-order valence-electron chi connectivity index (χ3n) is 7.54. The first-order valence-electron chi connectivity index (χ1n) is 19.9. The van der Waals surface area contributed by atoms with E-state index in [9.17, 15) is 0 Å². The van der Waals surface area contributed by atoms with Gasteiger partial charge in [0.1, 0.15) is 0 Å². The lowest BCUT2D eigenvalue weighted by molar-refractivity contribution is 0.248. The van der Waals surface area contributed by atoms with Gasteiger partial charge in [-0.05, 0) is 182 Å². The standard InChI is InChI=1S/C30H88O13Si13/c1-31-56(28,32-2)30-29-45(6,7)34-47(10,11)36-49(14,15)38-51(18,19)40-53(22,23)42-55(26,27)43-54(24,25)41-52(20,21)39-50(16,17)37-48(12,13)35-46(8,9)33-44(3,4)5/h29-30H2,1-28H3. The second kappa shape index (κ2) is 20.0. The van der Waals surface area contributed by atoms with Crippen molar-refractivity contribution in [3.05, 3.63) is 0 Å². The molecule has 56 heavy (non-hydrogen) atoms. The Morgan fingerprint density at radius 1 is 0.232 bits per heavy atom. The van der Waals surface area contributed by atoms with E-state index in [0.29, 0.717) is 0 Å². The Bertz CT molecular complexity index is 1240. The van der Waals surface area contributed by atoms with Gasteiger partial charge in [0.2, 0.25) is 0 Å². The van der Waals surface area contributed by atoms with Gasteiger partial charge in [-0.1, -0.05) is 0 Å². The van der Waals surface area contributed by atoms with Crippen molar-refractivity contribution in [1.82, 2.24) is 0 Å². The van der Waals surface area contributed by atoms with Crippen LogP contribution in [0.1, 0.15) is 0 Å². The van der Waals surface area contributed by atoms with Gasteiger partial charge in [-0.2, -0.15) is 0 Å². The smallest absolute Gasteiger partial charge is 0.334 e. The minimum Gasteiger partial charge on any atom is -0.437 e. The summed E-state index contributed by atoms with van der Waals surface area (Å²) in [6, 6.07) is 1.83. The van der Waals surface area contributed by atoms with Crippen LogP contribution < -0.4 is 0 Å². The Hall–Kier alpha value is 2.30. The van der Waals surface area contributed by atoms with Crippen LogP contribution in [0.4, 0.5) is 0 Å². The summed E-state index contributed by atoms with van der Waals surface area (Å²) in [5.41, 5.74) is 0. The highest BCUT2D eigenvalue weighted by Crippen LogP contribution is 2.32. The highest BCUT2D eigenvalue weighted by atomic mass is 28.5. The van der Waals surface area contributed by atoms with Crippen LogP contribution in [0.5, 0.6) is 0 Å². The first kappa shape index (κ1) is 58.3. The van der Waals surface area contributed by atoms with Gasteiger partial charge in [0, 0.05) is 14.2 Å². The van der Waals surface area contributed by atoms with E-state index in [4.69, 9.17) is 54.1 Å². The molecule has 26 heteroatoms. The van der Waals surface area contributed by atoms with Crippen LogP contribution in [0.3, 0.4) is 0 Å². The molecule has 0 unspecified atom stereocenters. The molecule has 0 atom stereocenters. The van der Waals surface area contributed by atoms with Crippen molar-refractivity contribution in [3.63, 3.8) is 0 Å². The first-order chi connectivity index (χ1) is 24.1. The highest BCUT2D eigenvalue weighted by Gasteiger charge is 2.51. The quantitative estimate of drug-likeness (QED) is 0.0727. The maximum absolute atomic E-state index is 6.85. The van der Waals surface area contributed by atoms with E-state index in [0.717, 1.165) is 12.1 Å². The molecule has 0 aromatic heterocycles. The second-order valence-corrected chi connectivity index (χ2v) is 69.8. The molecule has 0 amide bonds. The van der Waals surface area contributed by atoms with E-state index in [1.807, 2.05) is 0 Å². The zero-order valence-corrected chi connectivity index (χ0v) is 54.2. The maximum Gasteiger partial charge on any atom is 0.334 e. The summed E-state index contributed by atoms with van der Waals surface area (Å²) in [4.78, 5) is 0. The van der Waals surface area contributed by atoms with Gasteiger partial charge in [-0.25, -0.2) is 0 Å². The van der Waals surface area contributed by atoms with Crippen LogP contribution in [0.15, 0.2) is 0 Å². The molecular weight excluding hydrogens is 933 g/mol. The average Bonchev–Trinajstić information content (AvgIpc) is 2.77. The van der Waals surface area contributed by atoms with Gasteiger partial charge < -0.3 is 54.1 Å². The first-order valence-corrected chi connectivity index (χ1v) is 57.1. The van der Waals surface area contributed by atoms with Crippen molar-refractivity contribution >= 4 is 111 Å². The molecule has 0 heterocycles. The molecule has 0 spiro atoms. The van der Waals surface area contributed by atoms with Crippen LogP contribution in [-0.2, 0) is 54.1 Å². The van der Waals surface area contributed by atoms with Crippen LogP contribution in [-0.4, -0.2) is 125 Å². The van der Waals surface area contributed by atoms with Crippen LogP contribution >= 0.6 is 0 Å². The molecule has 0 N–H and O–H groups in total. The van der Waals surface area contributed by atoms with Crippen molar-refractivity contribution in [2.24, 2.45) is 0 Å². The van der Waals surface area contributed by atoms with E-state index in [-0.39, 0.29) is 0 Å². The minimum absolute atomic E-state index is 0.886. The summed E-state index contributed by atoms with van der Waals surface area (Å²) < 4.78 is 85.9. The molecule has 0 fully saturated rings. The van der Waals surface area contributed by atoms with Gasteiger partial charge in [0.15, 0.2) is 16.6 Å². The van der Waals surface area contributed by atoms with Crippen molar-refractivity contribution in [2.45, 2.75) is 182 Å². The third-order valence-corrected chi connectivity index (χ3v) is 56.4. The van der Waals surface area contributed by atoms with Crippen molar-refractivity contribution in [1.29, 1.82) is 0 Å². The fourth-order valence-corrected chi connectivity index (χ4v) is 72.3. The predicted octanol–water partition coefficient (Wildman–Crippen LogP) is 10.6. The van der Waals surface area contributed by atoms with Crippen LogP contribution in [0, 0.1) is 0 Å². The van der Waals surface area contributed by atoms with Gasteiger partial charge >= 0.3 is 94.2 Å². The van der Waals surface area contributed by atoms with Gasteiger partial charge in [0.25, 0.3) is 0 Å². The van der Waals surface area contributed by atoms with E-state index >= 15 is 0 Å². The van der Waals surface area contributed by atoms with E-state index in [1.165, 1.54) is 0 Å². The monoisotopic (exact) mass is 1020 g/mol. The van der Waals surface area contributed by atoms with Gasteiger partial charge in [-0.15, -0.1) is 0 Å². The molecule has 0 aliphatic carbocycles. The topological polar surface area (TPSA) is 120 Å². The van der Waals surface area contributed by atoms with Gasteiger partial charge in [-0.3, -0.25) is 0 Å².